The van der Waals surface area contributed by atoms with Crippen molar-refractivity contribution in [3.05, 3.63) is 35.9 Å². The van der Waals surface area contributed by atoms with Crippen LogP contribution in [0.1, 0.15) is 72.3 Å². The van der Waals surface area contributed by atoms with E-state index in [4.69, 9.17) is 9.47 Å². The third kappa shape index (κ3) is 7.71. The Morgan fingerprint density at radius 2 is 1.90 bits per heavy atom. The summed E-state index contributed by atoms with van der Waals surface area (Å²) in [5, 5.41) is 2.72. The summed E-state index contributed by atoms with van der Waals surface area (Å²) in [7, 11) is 0. The van der Waals surface area contributed by atoms with E-state index in [1.165, 1.54) is 5.56 Å². The van der Waals surface area contributed by atoms with Crippen LogP contribution in [0.15, 0.2) is 30.3 Å². The van der Waals surface area contributed by atoms with Crippen molar-refractivity contribution in [1.82, 2.24) is 5.32 Å². The Balaban J connectivity index is 2.13. The van der Waals surface area contributed by atoms with Crippen LogP contribution in [0, 0.1) is 11.8 Å². The molecule has 1 aromatic rings. The van der Waals surface area contributed by atoms with Crippen LogP contribution in [-0.4, -0.2) is 29.8 Å². The minimum absolute atomic E-state index is 0.208. The van der Waals surface area contributed by atoms with E-state index in [0.29, 0.717) is 12.3 Å². The van der Waals surface area contributed by atoms with Crippen LogP contribution < -0.4 is 5.32 Å². The first-order valence-corrected chi connectivity index (χ1v) is 10.9. The number of carbonyl (C=O) groups excluding carboxylic acids is 2. The van der Waals surface area contributed by atoms with Crippen molar-refractivity contribution >= 4 is 12.1 Å². The Labute approximate surface area is 175 Å². The Hall–Kier alpha value is -2.04. The van der Waals surface area contributed by atoms with Gasteiger partial charge in [0.15, 0.2) is 0 Å². The molecule has 0 spiro atoms. The molecule has 5 heteroatoms. The zero-order valence-corrected chi connectivity index (χ0v) is 18.6. The summed E-state index contributed by atoms with van der Waals surface area (Å²) in [5.41, 5.74) is 0.663. The minimum Gasteiger partial charge on any atom is -0.461 e. The number of rotatable bonds is 5. The number of amides is 1. The van der Waals surface area contributed by atoms with E-state index < -0.39 is 17.7 Å². The van der Waals surface area contributed by atoms with Crippen molar-refractivity contribution in [3.63, 3.8) is 0 Å². The van der Waals surface area contributed by atoms with E-state index in [0.717, 1.165) is 32.1 Å². The number of hydrogen-bond acceptors (Lipinski definition) is 4. The van der Waals surface area contributed by atoms with Gasteiger partial charge >= 0.3 is 12.1 Å². The van der Waals surface area contributed by atoms with Gasteiger partial charge in [-0.25, -0.2) is 9.59 Å². The zero-order valence-electron chi connectivity index (χ0n) is 18.6. The molecule has 0 aromatic heterocycles. The van der Waals surface area contributed by atoms with Gasteiger partial charge in [0.2, 0.25) is 0 Å². The van der Waals surface area contributed by atoms with Crippen LogP contribution in [0.3, 0.4) is 0 Å². The maximum atomic E-state index is 12.8. The maximum Gasteiger partial charge on any atom is 0.408 e. The molecule has 1 aromatic carbocycles. The number of benzene rings is 1. The van der Waals surface area contributed by atoms with Crippen LogP contribution >= 0.6 is 0 Å². The molecule has 1 N–H and O–H groups in total. The summed E-state index contributed by atoms with van der Waals surface area (Å²) in [4.78, 5) is 25.0. The number of hydrogen-bond donors (Lipinski definition) is 1. The van der Waals surface area contributed by atoms with Crippen molar-refractivity contribution in [2.75, 3.05) is 0 Å². The summed E-state index contributed by atoms with van der Waals surface area (Å²) in [5.74, 6) is 0.392. The zero-order chi connectivity index (χ0) is 21.4. The molecular formula is C24H37NO4. The Kier molecular flexibility index (Phi) is 8.54. The molecule has 1 saturated heterocycles. The molecule has 162 valence electrons. The molecule has 4 atom stereocenters. The highest BCUT2D eigenvalue weighted by molar-refractivity contribution is 5.81. The second kappa shape index (κ2) is 10.7. The summed E-state index contributed by atoms with van der Waals surface area (Å²) in [6.45, 7) is 9.61. The summed E-state index contributed by atoms with van der Waals surface area (Å²) in [6.07, 6.45) is 4.81. The van der Waals surface area contributed by atoms with E-state index in [1.54, 1.807) is 20.8 Å². The number of ether oxygens (including phenoxy) is 2. The third-order valence-electron chi connectivity index (χ3n) is 5.53. The molecule has 29 heavy (non-hydrogen) atoms. The predicted molar refractivity (Wildman–Crippen MR) is 115 cm³/mol. The first-order chi connectivity index (χ1) is 13.7. The van der Waals surface area contributed by atoms with Crippen molar-refractivity contribution in [3.8, 4) is 0 Å². The lowest BCUT2D eigenvalue weighted by molar-refractivity contribution is -0.154. The highest BCUT2D eigenvalue weighted by Gasteiger charge is 2.34. The molecule has 1 amide bonds. The summed E-state index contributed by atoms with van der Waals surface area (Å²) >= 11 is 0. The van der Waals surface area contributed by atoms with E-state index >= 15 is 0 Å². The monoisotopic (exact) mass is 403 g/mol. The maximum absolute atomic E-state index is 12.8. The van der Waals surface area contributed by atoms with Crippen LogP contribution in [0.5, 0.6) is 0 Å². The van der Waals surface area contributed by atoms with Crippen LogP contribution in [0.2, 0.25) is 0 Å². The van der Waals surface area contributed by atoms with Gasteiger partial charge in [0.1, 0.15) is 17.7 Å². The molecule has 1 aliphatic rings. The van der Waals surface area contributed by atoms with Crippen molar-refractivity contribution < 1.29 is 19.1 Å². The number of esters is 1. The van der Waals surface area contributed by atoms with Crippen molar-refractivity contribution in [2.24, 2.45) is 11.8 Å². The molecule has 1 aliphatic heterocycles. The lowest BCUT2D eigenvalue weighted by Gasteiger charge is -2.31. The van der Waals surface area contributed by atoms with Crippen LogP contribution in [0.25, 0.3) is 0 Å². The molecule has 0 bridgehead atoms. The van der Waals surface area contributed by atoms with Gasteiger partial charge in [-0.05, 0) is 58.4 Å². The highest BCUT2D eigenvalue weighted by atomic mass is 16.6. The molecule has 0 unspecified atom stereocenters. The normalized spacial score (nSPS) is 25.9. The summed E-state index contributed by atoms with van der Waals surface area (Å²) < 4.78 is 11.2. The predicted octanol–water partition coefficient (Wildman–Crippen LogP) is 5.27. The molecule has 5 nitrogen and oxygen atoms in total. The van der Waals surface area contributed by atoms with Crippen molar-refractivity contribution in [1.29, 1.82) is 0 Å². The molecule has 0 aliphatic carbocycles. The highest BCUT2D eigenvalue weighted by Crippen LogP contribution is 2.32. The number of nitrogens with one attached hydrogen (secondary N) is 1. The largest absolute Gasteiger partial charge is 0.461 e. The minimum atomic E-state index is -0.662. The second-order valence-corrected chi connectivity index (χ2v) is 9.17. The van der Waals surface area contributed by atoms with Gasteiger partial charge < -0.3 is 14.8 Å². The second-order valence-electron chi connectivity index (χ2n) is 9.17. The van der Waals surface area contributed by atoms with Gasteiger partial charge in [-0.3, -0.25) is 0 Å². The average molecular weight is 404 g/mol. The first kappa shape index (κ1) is 23.2. The van der Waals surface area contributed by atoms with Crippen molar-refractivity contribution in [2.45, 2.75) is 90.9 Å². The van der Waals surface area contributed by atoms with Gasteiger partial charge in [-0.1, -0.05) is 56.5 Å². The van der Waals surface area contributed by atoms with E-state index in [2.05, 4.69) is 36.5 Å². The fraction of sp³-hybridized carbons (Fsp3) is 0.667. The molecule has 0 saturated carbocycles. The Bertz CT molecular complexity index is 653. The fourth-order valence-corrected chi connectivity index (χ4v) is 4.18. The van der Waals surface area contributed by atoms with E-state index in [9.17, 15) is 9.59 Å². The SMILES string of the molecule is CCC[C@H]1CCC[C@H](NC(=O)OC(C)(C)C)C(=O)O[C@@H](C)[C@@H]1Cc1ccccc1. The Morgan fingerprint density at radius 1 is 1.21 bits per heavy atom. The Morgan fingerprint density at radius 3 is 2.52 bits per heavy atom. The quantitative estimate of drug-likeness (QED) is 0.680. The number of cyclic esters (lactones) is 1. The molecule has 1 heterocycles. The van der Waals surface area contributed by atoms with E-state index in [1.807, 2.05) is 13.0 Å². The standard InChI is InChI=1S/C24H37NO4/c1-6-11-19-14-10-15-21(25-23(27)29-24(3,4)5)22(26)28-17(2)20(19)16-18-12-8-7-9-13-18/h7-9,12-13,17,19-21H,6,10-11,14-16H2,1-5H3,(H,25,27)/t17-,19-,20-,21-/m0/s1. The smallest absolute Gasteiger partial charge is 0.408 e. The molecule has 2 rings (SSSR count). The van der Waals surface area contributed by atoms with Crippen LogP contribution in [0.4, 0.5) is 4.79 Å². The lowest BCUT2D eigenvalue weighted by Crippen LogP contribution is -2.45. The number of carbonyl (C=O) groups is 2. The van der Waals surface area contributed by atoms with Crippen LogP contribution in [-0.2, 0) is 20.7 Å². The molecule has 0 radical (unpaired) electrons. The summed E-state index contributed by atoms with van der Waals surface area (Å²) in [6, 6.07) is 9.74. The van der Waals surface area contributed by atoms with Gasteiger partial charge in [0.05, 0.1) is 0 Å². The fourth-order valence-electron chi connectivity index (χ4n) is 4.18. The van der Waals surface area contributed by atoms with Gasteiger partial charge in [0.25, 0.3) is 0 Å². The molecular weight excluding hydrogens is 366 g/mol. The first-order valence-electron chi connectivity index (χ1n) is 10.9. The number of alkyl carbamates (subject to hydrolysis) is 1. The third-order valence-corrected chi connectivity index (χ3v) is 5.53. The topological polar surface area (TPSA) is 64.6 Å². The average Bonchev–Trinajstić information content (AvgIpc) is 2.67. The van der Waals surface area contributed by atoms with Gasteiger partial charge in [-0.15, -0.1) is 0 Å². The van der Waals surface area contributed by atoms with E-state index in [-0.39, 0.29) is 18.0 Å². The molecule has 1 fully saturated rings. The lowest BCUT2D eigenvalue weighted by atomic mass is 9.78. The van der Waals surface area contributed by atoms with Gasteiger partial charge in [0, 0.05) is 5.92 Å². The van der Waals surface area contributed by atoms with Gasteiger partial charge in [-0.2, -0.15) is 0 Å².